The summed E-state index contributed by atoms with van der Waals surface area (Å²) in [6, 6.07) is 12.7. The zero-order chi connectivity index (χ0) is 22.5. The first-order valence-corrected chi connectivity index (χ1v) is 11.8. The molecule has 168 valence electrons. The summed E-state index contributed by atoms with van der Waals surface area (Å²) in [5, 5.41) is 12.9. The number of ether oxygens (including phenoxy) is 2. The molecule has 10 heteroatoms. The second kappa shape index (κ2) is 10.6. The zero-order valence-electron chi connectivity index (χ0n) is 17.4. The van der Waals surface area contributed by atoms with Crippen LogP contribution in [-0.4, -0.2) is 46.2 Å². The third-order valence-corrected chi connectivity index (χ3v) is 6.63. The van der Waals surface area contributed by atoms with E-state index in [1.165, 1.54) is 11.8 Å². The Hall–Kier alpha value is -2.26. The molecule has 0 saturated carbocycles. The van der Waals surface area contributed by atoms with Crippen LogP contribution in [0.1, 0.15) is 12.8 Å². The fourth-order valence-electron chi connectivity index (χ4n) is 3.43. The summed E-state index contributed by atoms with van der Waals surface area (Å²) in [6.07, 6.45) is 2.11. The van der Waals surface area contributed by atoms with Crippen LogP contribution in [-0.2, 0) is 16.1 Å². The second-order valence-corrected chi connectivity index (χ2v) is 8.97. The van der Waals surface area contributed by atoms with Crippen molar-refractivity contribution < 1.29 is 14.3 Å². The first kappa shape index (κ1) is 22.9. The lowest BCUT2D eigenvalue weighted by molar-refractivity contribution is -0.113. The Kier molecular flexibility index (Phi) is 7.57. The van der Waals surface area contributed by atoms with Crippen LogP contribution in [0.2, 0.25) is 10.0 Å². The molecule has 1 saturated heterocycles. The molecule has 1 fully saturated rings. The van der Waals surface area contributed by atoms with Gasteiger partial charge >= 0.3 is 0 Å². The number of amides is 1. The molecule has 1 aromatic heterocycles. The molecule has 1 amide bonds. The molecule has 2 aromatic carbocycles. The molecule has 1 aliphatic rings. The van der Waals surface area contributed by atoms with E-state index in [4.69, 9.17) is 32.7 Å². The van der Waals surface area contributed by atoms with Gasteiger partial charge in [-0.2, -0.15) is 0 Å². The monoisotopic (exact) mass is 492 g/mol. The number of nitrogens with zero attached hydrogens (tertiary/aromatic N) is 3. The maximum Gasteiger partial charge on any atom is 0.234 e. The number of para-hydroxylation sites is 1. The van der Waals surface area contributed by atoms with Gasteiger partial charge in [-0.05, 0) is 49.2 Å². The number of hydrogen-bond donors (Lipinski definition) is 1. The summed E-state index contributed by atoms with van der Waals surface area (Å²) in [6.45, 7) is 1.38. The van der Waals surface area contributed by atoms with E-state index >= 15 is 0 Å². The number of aromatic nitrogens is 3. The fourth-order valence-corrected chi connectivity index (χ4v) is 4.67. The Morgan fingerprint density at radius 3 is 2.62 bits per heavy atom. The van der Waals surface area contributed by atoms with Gasteiger partial charge in [0.05, 0.1) is 41.2 Å². The standard InChI is InChI=1S/C22H22Cl2N4O3S/c1-30-15-9-7-14(8-10-15)21-26-27-22(28(21)12-16-4-3-11-31-16)32-13-19(29)25-20-17(23)5-2-6-18(20)24/h2,5-10,16H,3-4,11-13H2,1H3,(H,25,29). The molecule has 0 aliphatic carbocycles. The van der Waals surface area contributed by atoms with E-state index < -0.39 is 0 Å². The van der Waals surface area contributed by atoms with Crippen molar-refractivity contribution in [2.45, 2.75) is 30.6 Å². The maximum atomic E-state index is 12.5. The van der Waals surface area contributed by atoms with Crippen LogP contribution < -0.4 is 10.1 Å². The number of carbonyl (C=O) groups is 1. The molecule has 0 bridgehead atoms. The van der Waals surface area contributed by atoms with Gasteiger partial charge in [0.2, 0.25) is 5.91 Å². The first-order valence-electron chi connectivity index (χ1n) is 10.1. The summed E-state index contributed by atoms with van der Waals surface area (Å²) >= 11 is 13.6. The summed E-state index contributed by atoms with van der Waals surface area (Å²) < 4.78 is 13.1. The third kappa shape index (κ3) is 5.38. The third-order valence-electron chi connectivity index (χ3n) is 5.03. The maximum absolute atomic E-state index is 12.5. The Morgan fingerprint density at radius 2 is 1.97 bits per heavy atom. The topological polar surface area (TPSA) is 78.3 Å². The lowest BCUT2D eigenvalue weighted by atomic mass is 10.2. The van der Waals surface area contributed by atoms with Crippen molar-refractivity contribution in [3.63, 3.8) is 0 Å². The molecular weight excluding hydrogens is 471 g/mol. The van der Waals surface area contributed by atoms with Crippen molar-refractivity contribution in [1.82, 2.24) is 14.8 Å². The number of rotatable bonds is 8. The lowest BCUT2D eigenvalue weighted by Gasteiger charge is -2.15. The normalized spacial score (nSPS) is 15.7. The van der Waals surface area contributed by atoms with E-state index in [1.807, 2.05) is 28.8 Å². The molecule has 1 unspecified atom stereocenters. The number of thioether (sulfide) groups is 1. The molecular formula is C22H22Cl2N4O3S. The molecule has 32 heavy (non-hydrogen) atoms. The van der Waals surface area contributed by atoms with Gasteiger partial charge < -0.3 is 14.8 Å². The van der Waals surface area contributed by atoms with Crippen LogP contribution in [0.5, 0.6) is 5.75 Å². The number of hydrogen-bond acceptors (Lipinski definition) is 6. The van der Waals surface area contributed by atoms with Gasteiger partial charge in [-0.15, -0.1) is 10.2 Å². The van der Waals surface area contributed by atoms with Crippen molar-refractivity contribution in [2.75, 3.05) is 24.8 Å². The minimum Gasteiger partial charge on any atom is -0.497 e. The highest BCUT2D eigenvalue weighted by Gasteiger charge is 2.22. The number of methoxy groups -OCH3 is 1. The lowest BCUT2D eigenvalue weighted by Crippen LogP contribution is -2.18. The molecule has 0 spiro atoms. The number of carbonyl (C=O) groups excluding carboxylic acids is 1. The number of benzene rings is 2. The molecule has 1 atom stereocenters. The van der Waals surface area contributed by atoms with Gasteiger partial charge in [-0.3, -0.25) is 9.36 Å². The van der Waals surface area contributed by atoms with E-state index in [0.717, 1.165) is 36.6 Å². The van der Waals surface area contributed by atoms with Crippen molar-refractivity contribution in [1.29, 1.82) is 0 Å². The SMILES string of the molecule is COc1ccc(-c2nnc(SCC(=O)Nc3c(Cl)cccc3Cl)n2CC2CCCO2)cc1. The Bertz CT molecular complexity index is 1070. The quantitative estimate of drug-likeness (QED) is 0.437. The minimum atomic E-state index is -0.234. The van der Waals surface area contributed by atoms with E-state index in [0.29, 0.717) is 27.4 Å². The largest absolute Gasteiger partial charge is 0.497 e. The van der Waals surface area contributed by atoms with Crippen LogP contribution in [0.4, 0.5) is 5.69 Å². The number of anilines is 1. The van der Waals surface area contributed by atoms with Crippen LogP contribution >= 0.6 is 35.0 Å². The van der Waals surface area contributed by atoms with Gasteiger partial charge in [0.1, 0.15) is 5.75 Å². The van der Waals surface area contributed by atoms with Crippen LogP contribution in [0.3, 0.4) is 0 Å². The predicted molar refractivity (Wildman–Crippen MR) is 127 cm³/mol. The van der Waals surface area contributed by atoms with Gasteiger partial charge in [0.25, 0.3) is 0 Å². The van der Waals surface area contributed by atoms with E-state index in [2.05, 4.69) is 15.5 Å². The summed E-state index contributed by atoms with van der Waals surface area (Å²) in [5.41, 5.74) is 1.32. The van der Waals surface area contributed by atoms with E-state index in [1.54, 1.807) is 25.3 Å². The summed E-state index contributed by atoms with van der Waals surface area (Å²) in [5.74, 6) is 1.39. The highest BCUT2D eigenvalue weighted by atomic mass is 35.5. The molecule has 2 heterocycles. The van der Waals surface area contributed by atoms with Crippen LogP contribution in [0.15, 0.2) is 47.6 Å². The summed E-state index contributed by atoms with van der Waals surface area (Å²) in [4.78, 5) is 12.5. The number of halogens is 2. The molecule has 1 N–H and O–H groups in total. The number of nitrogens with one attached hydrogen (secondary N) is 1. The molecule has 0 radical (unpaired) electrons. The van der Waals surface area contributed by atoms with Crippen LogP contribution in [0.25, 0.3) is 11.4 Å². The predicted octanol–water partition coefficient (Wildman–Crippen LogP) is 5.17. The minimum absolute atomic E-state index is 0.0955. The van der Waals surface area contributed by atoms with Gasteiger partial charge in [-0.1, -0.05) is 41.0 Å². The Morgan fingerprint density at radius 1 is 1.22 bits per heavy atom. The van der Waals surface area contributed by atoms with Crippen LogP contribution in [0, 0.1) is 0 Å². The molecule has 4 rings (SSSR count). The molecule has 1 aliphatic heterocycles. The van der Waals surface area contributed by atoms with Crippen molar-refractivity contribution >= 4 is 46.6 Å². The van der Waals surface area contributed by atoms with E-state index in [-0.39, 0.29) is 17.8 Å². The zero-order valence-corrected chi connectivity index (χ0v) is 19.7. The molecule has 7 nitrogen and oxygen atoms in total. The van der Waals surface area contributed by atoms with Gasteiger partial charge in [-0.25, -0.2) is 0 Å². The fraction of sp³-hybridized carbons (Fsp3) is 0.318. The Balaban J connectivity index is 1.52. The van der Waals surface area contributed by atoms with E-state index in [9.17, 15) is 4.79 Å². The highest BCUT2D eigenvalue weighted by molar-refractivity contribution is 7.99. The highest BCUT2D eigenvalue weighted by Crippen LogP contribution is 2.31. The average Bonchev–Trinajstić information content (AvgIpc) is 3.45. The summed E-state index contributed by atoms with van der Waals surface area (Å²) in [7, 11) is 1.63. The Labute approximate surface area is 200 Å². The smallest absolute Gasteiger partial charge is 0.234 e. The van der Waals surface area contributed by atoms with Crippen molar-refractivity contribution in [3.8, 4) is 17.1 Å². The first-order chi connectivity index (χ1) is 15.5. The van der Waals surface area contributed by atoms with Gasteiger partial charge in [0, 0.05) is 12.2 Å². The second-order valence-electron chi connectivity index (χ2n) is 7.21. The average molecular weight is 493 g/mol. The molecule has 3 aromatic rings. The van der Waals surface area contributed by atoms with Crippen molar-refractivity contribution in [2.24, 2.45) is 0 Å². The van der Waals surface area contributed by atoms with Crippen molar-refractivity contribution in [3.05, 3.63) is 52.5 Å². The van der Waals surface area contributed by atoms with Gasteiger partial charge in [0.15, 0.2) is 11.0 Å².